The van der Waals surface area contributed by atoms with Gasteiger partial charge in [0.15, 0.2) is 5.54 Å². The van der Waals surface area contributed by atoms with Crippen molar-refractivity contribution in [3.8, 4) is 0 Å². The van der Waals surface area contributed by atoms with Gasteiger partial charge in [0.25, 0.3) is 5.91 Å². The third kappa shape index (κ3) is 2.86. The van der Waals surface area contributed by atoms with Crippen LogP contribution in [-0.2, 0) is 14.3 Å². The van der Waals surface area contributed by atoms with Crippen molar-refractivity contribution in [3.05, 3.63) is 48.0 Å². The van der Waals surface area contributed by atoms with Crippen LogP contribution in [0.5, 0.6) is 0 Å². The lowest BCUT2D eigenvalue weighted by atomic mass is 9.81. The Morgan fingerprint density at radius 3 is 2.60 bits per heavy atom. The summed E-state index contributed by atoms with van der Waals surface area (Å²) in [5, 5.41) is 12.5. The van der Waals surface area contributed by atoms with Gasteiger partial charge in [0.1, 0.15) is 6.10 Å². The average Bonchev–Trinajstić information content (AvgIpc) is 3.18. The van der Waals surface area contributed by atoms with Gasteiger partial charge in [-0.2, -0.15) is 0 Å². The highest BCUT2D eigenvalue weighted by atomic mass is 16.7. The maximum atomic E-state index is 12.6. The van der Waals surface area contributed by atoms with Gasteiger partial charge in [-0.05, 0) is 25.5 Å². The molecule has 2 N–H and O–H groups in total. The van der Waals surface area contributed by atoms with Crippen LogP contribution in [0.25, 0.3) is 0 Å². The molecule has 1 aromatic rings. The van der Waals surface area contributed by atoms with Crippen molar-refractivity contribution in [2.24, 2.45) is 11.8 Å². The lowest BCUT2D eigenvalue weighted by Crippen LogP contribution is -2.65. The minimum absolute atomic E-state index is 0.117. The lowest BCUT2D eigenvalue weighted by molar-refractivity contribution is -0.151. The molecule has 2 aliphatic rings. The molecule has 0 unspecified atom stereocenters. The smallest absolute Gasteiger partial charge is 0.479 e. The Labute approximate surface area is 144 Å². The third-order valence-electron chi connectivity index (χ3n) is 4.73. The number of carbonyl (C=O) groups excluding carboxylic acids is 2. The Morgan fingerprint density at radius 1 is 1.24 bits per heavy atom. The molecule has 1 amide bonds. The highest BCUT2D eigenvalue weighted by Gasteiger charge is 2.64. The van der Waals surface area contributed by atoms with Crippen molar-refractivity contribution in [1.29, 1.82) is 0 Å². The van der Waals surface area contributed by atoms with E-state index in [0.717, 1.165) is 0 Å². The summed E-state index contributed by atoms with van der Waals surface area (Å²) in [6.07, 6.45) is 2.12. The van der Waals surface area contributed by atoms with E-state index >= 15 is 0 Å². The number of carboxylic acid groups (broad SMARTS) is 1. The first-order chi connectivity index (χ1) is 12.0. The molecule has 25 heavy (non-hydrogen) atoms. The van der Waals surface area contributed by atoms with Crippen LogP contribution in [0, 0.1) is 11.8 Å². The van der Waals surface area contributed by atoms with E-state index in [1.54, 1.807) is 43.3 Å². The summed E-state index contributed by atoms with van der Waals surface area (Å²) in [6.45, 7) is 1.75. The van der Waals surface area contributed by atoms with Gasteiger partial charge in [-0.1, -0.05) is 30.4 Å². The minimum Gasteiger partial charge on any atom is -0.479 e. The van der Waals surface area contributed by atoms with Crippen LogP contribution in [-0.4, -0.2) is 41.4 Å². The molecule has 3 rings (SSSR count). The molecule has 0 aromatic heterocycles. The molecule has 0 heterocycles. The first-order valence-corrected chi connectivity index (χ1v) is 8.11. The highest BCUT2D eigenvalue weighted by molar-refractivity contribution is 5.98. The summed E-state index contributed by atoms with van der Waals surface area (Å²) < 4.78 is 10.1. The molecule has 1 saturated carbocycles. The molecule has 132 valence electrons. The summed E-state index contributed by atoms with van der Waals surface area (Å²) in [7, 11) is 0. The van der Waals surface area contributed by atoms with Gasteiger partial charge in [0.05, 0.1) is 6.61 Å². The van der Waals surface area contributed by atoms with Crippen molar-refractivity contribution in [2.75, 3.05) is 6.61 Å². The van der Waals surface area contributed by atoms with Crippen molar-refractivity contribution in [1.82, 2.24) is 5.32 Å². The number of carbonyl (C=O) groups is 3. The topological polar surface area (TPSA) is 102 Å². The highest BCUT2D eigenvalue weighted by Crippen LogP contribution is 2.48. The summed E-state index contributed by atoms with van der Waals surface area (Å²) in [5.41, 5.74) is -1.37. The molecule has 2 bridgehead atoms. The number of amides is 1. The fourth-order valence-electron chi connectivity index (χ4n) is 3.62. The van der Waals surface area contributed by atoms with E-state index in [0.29, 0.717) is 12.0 Å². The molecule has 2 aliphatic carbocycles. The van der Waals surface area contributed by atoms with E-state index in [1.807, 2.05) is 6.08 Å². The van der Waals surface area contributed by atoms with Gasteiger partial charge >= 0.3 is 12.1 Å². The van der Waals surface area contributed by atoms with Crippen LogP contribution in [0.15, 0.2) is 42.5 Å². The number of aliphatic carboxylic acids is 1. The monoisotopic (exact) mass is 345 g/mol. The average molecular weight is 345 g/mol. The van der Waals surface area contributed by atoms with Crippen LogP contribution in [0.1, 0.15) is 23.7 Å². The molecule has 0 aliphatic heterocycles. The maximum absolute atomic E-state index is 12.6. The van der Waals surface area contributed by atoms with Gasteiger partial charge in [0.2, 0.25) is 0 Å². The van der Waals surface area contributed by atoms with E-state index in [-0.39, 0.29) is 12.5 Å². The number of rotatable bonds is 5. The summed E-state index contributed by atoms with van der Waals surface area (Å²) >= 11 is 0. The Bertz CT molecular complexity index is 716. The van der Waals surface area contributed by atoms with Crippen molar-refractivity contribution in [3.63, 3.8) is 0 Å². The molecule has 7 nitrogen and oxygen atoms in total. The molecule has 1 fully saturated rings. The van der Waals surface area contributed by atoms with E-state index < -0.39 is 35.6 Å². The molecule has 1 aromatic carbocycles. The lowest BCUT2D eigenvalue weighted by Gasteiger charge is -2.37. The largest absolute Gasteiger partial charge is 0.508 e. The van der Waals surface area contributed by atoms with Crippen LogP contribution in [0.4, 0.5) is 4.79 Å². The van der Waals surface area contributed by atoms with Gasteiger partial charge in [-0.25, -0.2) is 9.59 Å². The predicted octanol–water partition coefficient (Wildman–Crippen LogP) is 1.99. The number of carboxylic acids is 1. The molecule has 0 radical (unpaired) electrons. The number of benzene rings is 1. The zero-order valence-corrected chi connectivity index (χ0v) is 13.7. The third-order valence-corrected chi connectivity index (χ3v) is 4.73. The SMILES string of the molecule is CCOC(=O)O[C@H]1[C@@H]2C=C[C@@H](C2)[C@]1(NC(=O)c1ccccc1)C(=O)O. The molecule has 0 saturated heterocycles. The fraction of sp³-hybridized carbons (Fsp3) is 0.389. The summed E-state index contributed by atoms with van der Waals surface area (Å²) in [4.78, 5) is 36.5. The second kappa shape index (κ2) is 6.58. The van der Waals surface area contributed by atoms with E-state index in [9.17, 15) is 19.5 Å². The van der Waals surface area contributed by atoms with E-state index in [4.69, 9.17) is 9.47 Å². The number of fused-ring (bicyclic) bond motifs is 2. The first kappa shape index (κ1) is 17.0. The van der Waals surface area contributed by atoms with Crippen LogP contribution < -0.4 is 5.32 Å². The zero-order valence-electron chi connectivity index (χ0n) is 13.7. The molecule has 4 atom stereocenters. The molecule has 7 heteroatoms. The van der Waals surface area contributed by atoms with Gasteiger partial charge in [0, 0.05) is 17.4 Å². The first-order valence-electron chi connectivity index (χ1n) is 8.11. The molecule has 0 spiro atoms. The standard InChI is InChI=1S/C18H19NO6/c1-2-24-17(23)25-14-12-8-9-13(10-12)18(14,16(21)22)19-15(20)11-6-4-3-5-7-11/h3-9,12-14H,2,10H2,1H3,(H,19,20)(H,21,22)/t12-,13+,14+,18-/m1/s1. The second-order valence-electron chi connectivity index (χ2n) is 6.11. The van der Waals surface area contributed by atoms with Gasteiger partial charge in [-0.15, -0.1) is 0 Å². The normalized spacial score (nSPS) is 29.2. The fourth-order valence-corrected chi connectivity index (χ4v) is 3.62. The van der Waals surface area contributed by atoms with E-state index in [1.165, 1.54) is 0 Å². The predicted molar refractivity (Wildman–Crippen MR) is 86.9 cm³/mol. The van der Waals surface area contributed by atoms with Gasteiger partial charge in [-0.3, -0.25) is 4.79 Å². The van der Waals surface area contributed by atoms with Crippen molar-refractivity contribution in [2.45, 2.75) is 25.0 Å². The number of hydrogen-bond acceptors (Lipinski definition) is 5. The van der Waals surface area contributed by atoms with Crippen molar-refractivity contribution >= 4 is 18.0 Å². The van der Waals surface area contributed by atoms with Crippen LogP contribution >= 0.6 is 0 Å². The van der Waals surface area contributed by atoms with Crippen molar-refractivity contribution < 1.29 is 29.0 Å². The second-order valence-corrected chi connectivity index (χ2v) is 6.11. The zero-order chi connectivity index (χ0) is 18.0. The summed E-state index contributed by atoms with van der Waals surface area (Å²) in [5.74, 6) is -2.49. The maximum Gasteiger partial charge on any atom is 0.508 e. The Balaban J connectivity index is 1.91. The molecular formula is C18H19NO6. The quantitative estimate of drug-likeness (QED) is 0.625. The number of ether oxygens (including phenoxy) is 2. The minimum atomic E-state index is -1.71. The van der Waals surface area contributed by atoms with Gasteiger partial charge < -0.3 is 19.9 Å². The number of nitrogens with one attached hydrogen (secondary N) is 1. The Kier molecular flexibility index (Phi) is 4.48. The molecular weight excluding hydrogens is 326 g/mol. The Hall–Kier alpha value is -2.83. The Morgan fingerprint density at radius 2 is 1.96 bits per heavy atom. The number of hydrogen-bond donors (Lipinski definition) is 2. The van der Waals surface area contributed by atoms with Crippen LogP contribution in [0.3, 0.4) is 0 Å². The van der Waals surface area contributed by atoms with E-state index in [2.05, 4.69) is 5.32 Å². The van der Waals surface area contributed by atoms with Crippen LogP contribution in [0.2, 0.25) is 0 Å². The summed E-state index contributed by atoms with van der Waals surface area (Å²) in [6, 6.07) is 8.33.